The molecule has 4 rings (SSSR count). The van der Waals surface area contributed by atoms with Gasteiger partial charge >= 0.3 is 5.97 Å². The maximum atomic E-state index is 12.5. The quantitative estimate of drug-likeness (QED) is 0.519. The van der Waals surface area contributed by atoms with Crippen molar-refractivity contribution in [2.75, 3.05) is 28.7 Å². The molecule has 1 aliphatic heterocycles. The smallest absolute Gasteiger partial charge is 0.303 e. The number of aromatic nitrogens is 4. The molecule has 0 saturated carbocycles. The van der Waals surface area contributed by atoms with Gasteiger partial charge in [0, 0.05) is 36.6 Å². The van der Waals surface area contributed by atoms with E-state index in [0.717, 1.165) is 35.5 Å². The van der Waals surface area contributed by atoms with Crippen LogP contribution in [0.3, 0.4) is 0 Å². The van der Waals surface area contributed by atoms with E-state index >= 15 is 0 Å². The predicted octanol–water partition coefficient (Wildman–Crippen LogP) is 2.84. The highest BCUT2D eigenvalue weighted by molar-refractivity contribution is 5.96. The fourth-order valence-electron chi connectivity index (χ4n) is 3.40. The summed E-state index contributed by atoms with van der Waals surface area (Å²) in [6.07, 6.45) is 4.97. The number of fused-ring (bicyclic) bond motifs is 1. The van der Waals surface area contributed by atoms with E-state index in [2.05, 4.69) is 30.8 Å². The number of esters is 1. The second-order valence-electron chi connectivity index (χ2n) is 7.25. The van der Waals surface area contributed by atoms with Crippen LogP contribution in [0.5, 0.6) is 0 Å². The summed E-state index contributed by atoms with van der Waals surface area (Å²) in [5.41, 5.74) is 3.59. The second-order valence-corrected chi connectivity index (χ2v) is 7.25. The summed E-state index contributed by atoms with van der Waals surface area (Å²) in [6, 6.07) is 7.70. The van der Waals surface area contributed by atoms with Crippen molar-refractivity contribution in [3.63, 3.8) is 0 Å². The molecule has 1 aliphatic rings. The molecule has 0 saturated heterocycles. The molecule has 160 valence electrons. The van der Waals surface area contributed by atoms with Gasteiger partial charge in [0.15, 0.2) is 24.1 Å². The van der Waals surface area contributed by atoms with Crippen molar-refractivity contribution in [1.29, 1.82) is 0 Å². The normalized spacial score (nSPS) is 12.8. The highest BCUT2D eigenvalue weighted by Crippen LogP contribution is 2.31. The molecule has 10 heteroatoms. The molecule has 10 nitrogen and oxygen atoms in total. The van der Waals surface area contributed by atoms with Crippen LogP contribution in [0.15, 0.2) is 36.7 Å². The number of aromatic amines is 1. The molecule has 3 aromatic rings. The molecule has 0 fully saturated rings. The Morgan fingerprint density at radius 1 is 1.16 bits per heavy atom. The van der Waals surface area contributed by atoms with Crippen LogP contribution in [0.2, 0.25) is 0 Å². The van der Waals surface area contributed by atoms with E-state index in [9.17, 15) is 9.59 Å². The van der Waals surface area contributed by atoms with Crippen molar-refractivity contribution >= 4 is 40.7 Å². The SMILES string of the molecule is CC(=O)OCC(=O)N1CCCc2ccc(Nc3cncc(Nc4cc(C)[nH]n4)n3)cc21. The van der Waals surface area contributed by atoms with Crippen LogP contribution >= 0.6 is 0 Å². The molecule has 1 amide bonds. The highest BCUT2D eigenvalue weighted by atomic mass is 16.5. The van der Waals surface area contributed by atoms with Crippen LogP contribution in [0.1, 0.15) is 24.6 Å². The summed E-state index contributed by atoms with van der Waals surface area (Å²) in [5, 5.41) is 13.3. The Morgan fingerprint density at radius 2 is 1.97 bits per heavy atom. The average molecular weight is 421 g/mol. The van der Waals surface area contributed by atoms with Crippen molar-refractivity contribution in [1.82, 2.24) is 20.2 Å². The van der Waals surface area contributed by atoms with Crippen LogP contribution in [0.25, 0.3) is 0 Å². The second kappa shape index (κ2) is 8.82. The zero-order valence-electron chi connectivity index (χ0n) is 17.3. The monoisotopic (exact) mass is 421 g/mol. The number of H-pyrrole nitrogens is 1. The fraction of sp³-hybridized carbons (Fsp3) is 0.286. The lowest BCUT2D eigenvalue weighted by Crippen LogP contribution is -2.38. The van der Waals surface area contributed by atoms with Gasteiger partial charge in [0.1, 0.15) is 0 Å². The molecule has 3 heterocycles. The van der Waals surface area contributed by atoms with E-state index in [-0.39, 0.29) is 12.5 Å². The van der Waals surface area contributed by atoms with Gasteiger partial charge in [0.05, 0.1) is 12.4 Å². The Kier molecular flexibility index (Phi) is 5.78. The van der Waals surface area contributed by atoms with E-state index < -0.39 is 5.97 Å². The molecule has 0 atom stereocenters. The van der Waals surface area contributed by atoms with Crippen molar-refractivity contribution in [3.05, 3.63) is 47.9 Å². The molecule has 31 heavy (non-hydrogen) atoms. The van der Waals surface area contributed by atoms with Crippen LogP contribution in [0, 0.1) is 6.92 Å². The Morgan fingerprint density at radius 3 is 2.71 bits per heavy atom. The molecular formula is C21H23N7O3. The van der Waals surface area contributed by atoms with Crippen molar-refractivity contribution in [3.8, 4) is 0 Å². The third-order valence-corrected chi connectivity index (χ3v) is 4.77. The minimum Gasteiger partial charge on any atom is -0.456 e. The molecular weight excluding hydrogens is 398 g/mol. The van der Waals surface area contributed by atoms with Gasteiger partial charge in [0.25, 0.3) is 5.91 Å². The number of carbonyl (C=O) groups is 2. The Balaban J connectivity index is 1.51. The van der Waals surface area contributed by atoms with Gasteiger partial charge in [-0.05, 0) is 37.5 Å². The number of hydrogen-bond donors (Lipinski definition) is 3. The molecule has 0 spiro atoms. The lowest BCUT2D eigenvalue weighted by molar-refractivity contribution is -0.145. The highest BCUT2D eigenvalue weighted by Gasteiger charge is 2.23. The maximum absolute atomic E-state index is 12.5. The number of amides is 1. The van der Waals surface area contributed by atoms with E-state index in [0.29, 0.717) is 24.0 Å². The first-order chi connectivity index (χ1) is 15.0. The summed E-state index contributed by atoms with van der Waals surface area (Å²) < 4.78 is 4.88. The summed E-state index contributed by atoms with van der Waals surface area (Å²) in [4.78, 5) is 34.0. The molecule has 0 radical (unpaired) electrons. The molecule has 3 N–H and O–H groups in total. The molecule has 2 aromatic heterocycles. The van der Waals surface area contributed by atoms with Gasteiger partial charge in [-0.2, -0.15) is 5.10 Å². The summed E-state index contributed by atoms with van der Waals surface area (Å²) in [5.74, 6) is 1.03. The van der Waals surface area contributed by atoms with E-state index in [1.165, 1.54) is 6.92 Å². The van der Waals surface area contributed by atoms with Crippen molar-refractivity contribution in [2.24, 2.45) is 0 Å². The fourth-order valence-corrected chi connectivity index (χ4v) is 3.40. The van der Waals surface area contributed by atoms with Gasteiger partial charge in [-0.3, -0.25) is 19.7 Å². The molecule has 0 aliphatic carbocycles. The zero-order chi connectivity index (χ0) is 21.8. The first-order valence-electron chi connectivity index (χ1n) is 9.93. The number of rotatable bonds is 6. The van der Waals surface area contributed by atoms with Gasteiger partial charge in [-0.25, -0.2) is 4.98 Å². The van der Waals surface area contributed by atoms with Crippen molar-refractivity contribution in [2.45, 2.75) is 26.7 Å². The Bertz CT molecular complexity index is 1110. The number of ether oxygens (including phenoxy) is 1. The van der Waals surface area contributed by atoms with Gasteiger partial charge in [0.2, 0.25) is 0 Å². The molecule has 1 aromatic carbocycles. The van der Waals surface area contributed by atoms with Crippen LogP contribution in [-0.2, 0) is 20.7 Å². The van der Waals surface area contributed by atoms with Crippen LogP contribution in [0.4, 0.5) is 28.8 Å². The lowest BCUT2D eigenvalue weighted by Gasteiger charge is -2.30. The summed E-state index contributed by atoms with van der Waals surface area (Å²) >= 11 is 0. The number of anilines is 5. The van der Waals surface area contributed by atoms with Crippen LogP contribution < -0.4 is 15.5 Å². The number of aryl methyl sites for hydroxylation is 2. The third-order valence-electron chi connectivity index (χ3n) is 4.77. The van der Waals surface area contributed by atoms with E-state index in [4.69, 9.17) is 4.74 Å². The van der Waals surface area contributed by atoms with Gasteiger partial charge < -0.3 is 20.3 Å². The van der Waals surface area contributed by atoms with Gasteiger partial charge in [-0.15, -0.1) is 0 Å². The summed E-state index contributed by atoms with van der Waals surface area (Å²) in [6.45, 7) is 3.52. The summed E-state index contributed by atoms with van der Waals surface area (Å²) in [7, 11) is 0. The largest absolute Gasteiger partial charge is 0.456 e. The minimum absolute atomic E-state index is 0.242. The molecule has 0 bridgehead atoms. The first-order valence-corrected chi connectivity index (χ1v) is 9.93. The number of hydrogen-bond acceptors (Lipinski definition) is 8. The van der Waals surface area contributed by atoms with E-state index in [1.54, 1.807) is 17.3 Å². The third kappa shape index (κ3) is 4.97. The standard InChI is InChI=1S/C21H23N7O3/c1-13-8-18(27-26-13)24-20-11-22-10-19(25-20)23-16-6-5-15-4-3-7-28(17(15)9-16)21(30)12-31-14(2)29/h5-6,8-11H,3-4,7,12H2,1-2H3,(H3,23,24,25,26,27). The number of nitrogens with one attached hydrogen (secondary N) is 3. The maximum Gasteiger partial charge on any atom is 0.303 e. The minimum atomic E-state index is -0.474. The number of carbonyl (C=O) groups excluding carboxylic acids is 2. The first kappa shape index (κ1) is 20.3. The van der Waals surface area contributed by atoms with Gasteiger partial charge in [-0.1, -0.05) is 6.07 Å². The van der Waals surface area contributed by atoms with Crippen LogP contribution in [-0.4, -0.2) is 45.2 Å². The number of benzene rings is 1. The lowest BCUT2D eigenvalue weighted by atomic mass is 10.0. The Hall–Kier alpha value is -3.95. The topological polar surface area (TPSA) is 125 Å². The predicted molar refractivity (Wildman–Crippen MR) is 116 cm³/mol. The average Bonchev–Trinajstić information content (AvgIpc) is 3.16. The van der Waals surface area contributed by atoms with Crippen molar-refractivity contribution < 1.29 is 14.3 Å². The zero-order valence-corrected chi connectivity index (χ0v) is 17.3. The number of nitrogens with zero attached hydrogens (tertiary/aromatic N) is 4. The van der Waals surface area contributed by atoms with E-state index in [1.807, 2.05) is 31.2 Å². The Labute approximate surface area is 179 Å². The molecule has 0 unspecified atom stereocenters.